The van der Waals surface area contributed by atoms with Crippen LogP contribution in [0.25, 0.3) is 0 Å². The van der Waals surface area contributed by atoms with Crippen molar-refractivity contribution in [2.24, 2.45) is 11.8 Å². The molecule has 6 nitrogen and oxygen atoms in total. The van der Waals surface area contributed by atoms with Gasteiger partial charge in [0.15, 0.2) is 11.3 Å². The number of thiophene rings is 1. The van der Waals surface area contributed by atoms with E-state index in [1.807, 2.05) is 30.0 Å². The van der Waals surface area contributed by atoms with Crippen molar-refractivity contribution in [3.63, 3.8) is 0 Å². The van der Waals surface area contributed by atoms with Crippen molar-refractivity contribution in [2.45, 2.75) is 45.6 Å². The Hall–Kier alpha value is -1.74. The van der Waals surface area contributed by atoms with Crippen LogP contribution in [0.15, 0.2) is 28.7 Å². The number of methoxy groups -OCH3 is 2. The van der Waals surface area contributed by atoms with Gasteiger partial charge in [0, 0.05) is 25.8 Å². The lowest BCUT2D eigenvalue weighted by Gasteiger charge is -2.36. The third kappa shape index (κ3) is 6.44. The van der Waals surface area contributed by atoms with Gasteiger partial charge in [-0.15, -0.1) is 0 Å². The van der Waals surface area contributed by atoms with Gasteiger partial charge in [0.05, 0.1) is 28.6 Å². The van der Waals surface area contributed by atoms with E-state index in [9.17, 15) is 9.59 Å². The average molecular weight is 539 g/mol. The molecule has 0 N–H and O–H groups in total. The van der Waals surface area contributed by atoms with E-state index in [2.05, 4.69) is 22.9 Å². The zero-order valence-corrected chi connectivity index (χ0v) is 22.0. The van der Waals surface area contributed by atoms with E-state index in [0.29, 0.717) is 34.8 Å². The lowest BCUT2D eigenvalue weighted by atomic mass is 9.82. The van der Waals surface area contributed by atoms with Crippen molar-refractivity contribution in [3.05, 3.63) is 39.2 Å². The number of hydrogen-bond acceptors (Lipinski definition) is 6. The SMILES string of the molecule is COCC(COC)N(C(=O)C1CCC(C)CC1)c1ccc(Oc2sc(C=O)cc2Br)cc1C. The molecule has 2 aromatic rings. The molecule has 1 amide bonds. The fraction of sp³-hybridized carbons (Fsp3) is 0.520. The molecule has 0 spiro atoms. The molecule has 1 aliphatic carbocycles. The molecule has 0 atom stereocenters. The molecule has 0 radical (unpaired) electrons. The van der Waals surface area contributed by atoms with E-state index < -0.39 is 0 Å². The summed E-state index contributed by atoms with van der Waals surface area (Å²) < 4.78 is 17.7. The van der Waals surface area contributed by atoms with Gasteiger partial charge in [0.25, 0.3) is 0 Å². The van der Waals surface area contributed by atoms with Crippen molar-refractivity contribution in [1.82, 2.24) is 0 Å². The minimum atomic E-state index is -0.223. The quantitative estimate of drug-likeness (QED) is 0.335. The first kappa shape index (κ1) is 25.9. The molecule has 1 aliphatic rings. The molecule has 1 aromatic carbocycles. The molecular formula is C25H32BrNO5S. The van der Waals surface area contributed by atoms with Crippen LogP contribution in [-0.4, -0.2) is 45.7 Å². The largest absolute Gasteiger partial charge is 0.445 e. The first-order chi connectivity index (χ1) is 15.9. The topological polar surface area (TPSA) is 65.1 Å². The lowest BCUT2D eigenvalue weighted by molar-refractivity contribution is -0.124. The number of aldehydes is 1. The number of anilines is 1. The third-order valence-electron chi connectivity index (χ3n) is 6.11. The summed E-state index contributed by atoms with van der Waals surface area (Å²) in [4.78, 5) is 27.3. The summed E-state index contributed by atoms with van der Waals surface area (Å²) in [6.07, 6.45) is 4.78. The summed E-state index contributed by atoms with van der Waals surface area (Å²) >= 11 is 4.72. The molecular weight excluding hydrogens is 506 g/mol. The third-order valence-corrected chi connectivity index (χ3v) is 7.90. The van der Waals surface area contributed by atoms with E-state index in [1.54, 1.807) is 20.3 Å². The summed E-state index contributed by atoms with van der Waals surface area (Å²) in [6.45, 7) is 5.00. The van der Waals surface area contributed by atoms with Crippen LogP contribution >= 0.6 is 27.3 Å². The second-order valence-electron chi connectivity index (χ2n) is 8.68. The zero-order valence-electron chi connectivity index (χ0n) is 19.6. The lowest BCUT2D eigenvalue weighted by Crippen LogP contribution is -2.49. The van der Waals surface area contributed by atoms with Crippen LogP contribution in [0.4, 0.5) is 5.69 Å². The molecule has 1 heterocycles. The van der Waals surface area contributed by atoms with Gasteiger partial charge in [-0.2, -0.15) is 0 Å². The van der Waals surface area contributed by atoms with Crippen molar-refractivity contribution < 1.29 is 23.8 Å². The maximum absolute atomic E-state index is 13.8. The highest BCUT2D eigenvalue weighted by Crippen LogP contribution is 2.39. The molecule has 0 saturated heterocycles. The van der Waals surface area contributed by atoms with Gasteiger partial charge in [0.1, 0.15) is 5.75 Å². The van der Waals surface area contributed by atoms with Crippen LogP contribution in [0, 0.1) is 18.8 Å². The van der Waals surface area contributed by atoms with Gasteiger partial charge in [-0.05, 0) is 84.3 Å². The highest BCUT2D eigenvalue weighted by Gasteiger charge is 2.34. The molecule has 0 unspecified atom stereocenters. The van der Waals surface area contributed by atoms with Gasteiger partial charge in [-0.1, -0.05) is 18.3 Å². The second-order valence-corrected chi connectivity index (χ2v) is 10.6. The highest BCUT2D eigenvalue weighted by atomic mass is 79.9. The molecule has 33 heavy (non-hydrogen) atoms. The molecule has 3 rings (SSSR count). The van der Waals surface area contributed by atoms with Crippen molar-refractivity contribution in [1.29, 1.82) is 0 Å². The minimum absolute atomic E-state index is 0.0107. The van der Waals surface area contributed by atoms with Gasteiger partial charge in [-0.25, -0.2) is 0 Å². The molecule has 1 fully saturated rings. The van der Waals surface area contributed by atoms with Crippen LogP contribution < -0.4 is 9.64 Å². The summed E-state index contributed by atoms with van der Waals surface area (Å²) in [5.74, 6) is 1.46. The molecule has 0 bridgehead atoms. The van der Waals surface area contributed by atoms with Gasteiger partial charge < -0.3 is 19.1 Å². The number of halogens is 1. The van der Waals surface area contributed by atoms with Crippen LogP contribution in [0.2, 0.25) is 0 Å². The molecule has 180 valence electrons. The van der Waals surface area contributed by atoms with E-state index in [4.69, 9.17) is 14.2 Å². The first-order valence-corrected chi connectivity index (χ1v) is 12.8. The summed E-state index contributed by atoms with van der Waals surface area (Å²) in [6, 6.07) is 7.21. The Kier molecular flexibility index (Phi) is 9.49. The monoisotopic (exact) mass is 537 g/mol. The smallest absolute Gasteiger partial charge is 0.230 e. The van der Waals surface area contributed by atoms with Crippen LogP contribution in [0.3, 0.4) is 0 Å². The number of rotatable bonds is 10. The fourth-order valence-corrected chi connectivity index (χ4v) is 5.80. The summed E-state index contributed by atoms with van der Waals surface area (Å²) in [7, 11) is 3.29. The standard InChI is InChI=1S/C25H32BrNO5S/c1-16-5-7-18(8-6-16)24(29)27(19(14-30-3)15-31-4)23-10-9-20(11-17(23)2)32-25-22(26)12-21(13-28)33-25/h9-13,16,18-19H,5-8,14-15H2,1-4H3. The molecule has 1 saturated carbocycles. The molecule has 8 heteroatoms. The number of nitrogens with zero attached hydrogens (tertiary/aromatic N) is 1. The predicted molar refractivity (Wildman–Crippen MR) is 135 cm³/mol. The van der Waals surface area contributed by atoms with Crippen molar-refractivity contribution in [2.75, 3.05) is 32.3 Å². The Labute approximate surface area is 208 Å². The number of carbonyl (C=O) groups excluding carboxylic acids is 2. The first-order valence-electron chi connectivity index (χ1n) is 11.2. The average Bonchev–Trinajstić information content (AvgIpc) is 3.15. The van der Waals surface area contributed by atoms with E-state index in [-0.39, 0.29) is 17.9 Å². The van der Waals surface area contributed by atoms with Crippen molar-refractivity contribution >= 4 is 45.1 Å². The normalized spacial score (nSPS) is 18.4. The fourth-order valence-electron chi connectivity index (χ4n) is 4.35. The Morgan fingerprint density at radius 3 is 2.39 bits per heavy atom. The van der Waals surface area contributed by atoms with Crippen LogP contribution in [0.5, 0.6) is 10.8 Å². The van der Waals surface area contributed by atoms with E-state index in [1.165, 1.54) is 11.3 Å². The Balaban J connectivity index is 1.90. The van der Waals surface area contributed by atoms with Crippen molar-refractivity contribution in [3.8, 4) is 10.8 Å². The predicted octanol–water partition coefficient (Wildman–Crippen LogP) is 6.24. The number of benzene rings is 1. The number of ether oxygens (including phenoxy) is 3. The zero-order chi connectivity index (χ0) is 24.0. The molecule has 0 aliphatic heterocycles. The molecule has 1 aromatic heterocycles. The van der Waals surface area contributed by atoms with Gasteiger partial charge >= 0.3 is 0 Å². The summed E-state index contributed by atoms with van der Waals surface area (Å²) in [5.41, 5.74) is 1.76. The van der Waals surface area contributed by atoms with Gasteiger partial charge in [0.2, 0.25) is 5.91 Å². The van der Waals surface area contributed by atoms with E-state index >= 15 is 0 Å². The Bertz CT molecular complexity index is 948. The van der Waals surface area contributed by atoms with Gasteiger partial charge in [-0.3, -0.25) is 9.59 Å². The number of amides is 1. The summed E-state index contributed by atoms with van der Waals surface area (Å²) in [5, 5.41) is 0.616. The van der Waals surface area contributed by atoms with E-state index in [0.717, 1.165) is 47.7 Å². The Morgan fingerprint density at radius 1 is 1.18 bits per heavy atom. The maximum atomic E-state index is 13.8. The van der Waals surface area contributed by atoms with Crippen LogP contribution in [0.1, 0.15) is 47.8 Å². The second kappa shape index (κ2) is 12.1. The minimum Gasteiger partial charge on any atom is -0.445 e. The maximum Gasteiger partial charge on any atom is 0.230 e. The number of carbonyl (C=O) groups is 2. The number of hydrogen-bond donors (Lipinski definition) is 0. The highest BCUT2D eigenvalue weighted by molar-refractivity contribution is 9.10. The van der Waals surface area contributed by atoms with Crippen LogP contribution in [-0.2, 0) is 14.3 Å². The number of aryl methyl sites for hydroxylation is 1. The Morgan fingerprint density at radius 2 is 1.85 bits per heavy atom.